The van der Waals surface area contributed by atoms with E-state index in [2.05, 4.69) is 69.3 Å². The molecule has 0 N–H and O–H groups in total. The van der Waals surface area contributed by atoms with E-state index in [4.69, 9.17) is 0 Å². The molecule has 0 amide bonds. The number of hydrogen-bond donors (Lipinski definition) is 0. The lowest BCUT2D eigenvalue weighted by Gasteiger charge is -2.17. The van der Waals surface area contributed by atoms with Gasteiger partial charge in [-0.3, -0.25) is 0 Å². The average Bonchev–Trinajstić information content (AvgIpc) is 2.33. The molecular formula is C17H19. The second-order valence-corrected chi connectivity index (χ2v) is 4.81. The minimum atomic E-state index is 0.389. The van der Waals surface area contributed by atoms with Crippen molar-refractivity contribution < 1.29 is 0 Å². The topological polar surface area (TPSA) is 0 Å². The fraction of sp³-hybridized carbons (Fsp3) is 0.235. The molecule has 2 rings (SSSR count). The minimum absolute atomic E-state index is 0.389. The van der Waals surface area contributed by atoms with Gasteiger partial charge in [0.25, 0.3) is 0 Å². The fourth-order valence-electron chi connectivity index (χ4n) is 1.99. The highest BCUT2D eigenvalue weighted by molar-refractivity contribution is 5.35. The zero-order valence-corrected chi connectivity index (χ0v) is 10.6. The zero-order valence-electron chi connectivity index (χ0n) is 10.6. The summed E-state index contributed by atoms with van der Waals surface area (Å²) in [6.07, 6.45) is 9.76. The standard InChI is InChI=1S/C17H19/c1-13-4-8-16(9-5-13)12-15(3)17-10-6-14(2)7-11-17/h4-11,17H,3,12H2,1-2H3. The Morgan fingerprint density at radius 3 is 2.47 bits per heavy atom. The van der Waals surface area contributed by atoms with Gasteiger partial charge >= 0.3 is 0 Å². The number of hydrogen-bond acceptors (Lipinski definition) is 0. The summed E-state index contributed by atoms with van der Waals surface area (Å²) in [6.45, 7) is 8.44. The Bertz CT molecular complexity index is 457. The van der Waals surface area contributed by atoms with Crippen LogP contribution in [0.4, 0.5) is 0 Å². The van der Waals surface area contributed by atoms with E-state index in [1.807, 2.05) is 0 Å². The Hall–Kier alpha value is -1.56. The van der Waals surface area contributed by atoms with Crippen molar-refractivity contribution in [3.05, 3.63) is 77.8 Å². The van der Waals surface area contributed by atoms with Gasteiger partial charge < -0.3 is 0 Å². The van der Waals surface area contributed by atoms with Gasteiger partial charge in [-0.05, 0) is 32.3 Å². The first-order chi connectivity index (χ1) is 8.15. The second-order valence-electron chi connectivity index (χ2n) is 4.81. The first kappa shape index (κ1) is 11.9. The molecule has 1 aliphatic rings. The molecule has 0 bridgehead atoms. The van der Waals surface area contributed by atoms with Crippen molar-refractivity contribution in [3.8, 4) is 0 Å². The number of allylic oxidation sites excluding steroid dienone is 5. The summed E-state index contributed by atoms with van der Waals surface area (Å²) in [4.78, 5) is 0. The van der Waals surface area contributed by atoms with Crippen molar-refractivity contribution in [1.29, 1.82) is 0 Å². The van der Waals surface area contributed by atoms with Crippen LogP contribution in [0.15, 0.2) is 60.2 Å². The van der Waals surface area contributed by atoms with E-state index < -0.39 is 0 Å². The van der Waals surface area contributed by atoms with Crippen LogP contribution >= 0.6 is 0 Å². The van der Waals surface area contributed by atoms with E-state index in [-0.39, 0.29) is 0 Å². The van der Waals surface area contributed by atoms with Crippen LogP contribution in [0.1, 0.15) is 18.1 Å². The molecule has 0 saturated carbocycles. The smallest absolute Gasteiger partial charge is 0.00496 e. The summed E-state index contributed by atoms with van der Waals surface area (Å²) >= 11 is 0. The maximum Gasteiger partial charge on any atom is 0.00496 e. The lowest BCUT2D eigenvalue weighted by atomic mass is 9.88. The van der Waals surface area contributed by atoms with Crippen molar-refractivity contribution in [2.45, 2.75) is 20.3 Å². The third kappa shape index (κ3) is 3.20. The highest BCUT2D eigenvalue weighted by Gasteiger charge is 2.11. The molecular weight excluding hydrogens is 204 g/mol. The number of benzene rings is 1. The van der Waals surface area contributed by atoms with Crippen molar-refractivity contribution >= 4 is 0 Å². The predicted octanol–water partition coefficient (Wildman–Crippen LogP) is 4.43. The third-order valence-corrected chi connectivity index (χ3v) is 3.16. The normalized spacial score (nSPS) is 18.9. The quantitative estimate of drug-likeness (QED) is 0.665. The summed E-state index contributed by atoms with van der Waals surface area (Å²) in [5.74, 6) is 0.389. The van der Waals surface area contributed by atoms with Crippen LogP contribution in [0.2, 0.25) is 0 Å². The molecule has 1 aromatic rings. The minimum Gasteiger partial charge on any atom is -0.0989 e. The van der Waals surface area contributed by atoms with E-state index in [0.29, 0.717) is 5.92 Å². The van der Waals surface area contributed by atoms with Crippen LogP contribution in [0, 0.1) is 19.3 Å². The SMILES string of the molecule is C=C(Cc1ccc(C)cc1)C1[CH]C=C(C)C=C1. The van der Waals surface area contributed by atoms with E-state index in [9.17, 15) is 0 Å². The van der Waals surface area contributed by atoms with Crippen molar-refractivity contribution in [2.24, 2.45) is 5.92 Å². The molecule has 1 atom stereocenters. The summed E-state index contributed by atoms with van der Waals surface area (Å²) in [5, 5.41) is 0. The highest BCUT2D eigenvalue weighted by Crippen LogP contribution is 2.24. The highest BCUT2D eigenvalue weighted by atomic mass is 14.2. The van der Waals surface area contributed by atoms with E-state index in [1.165, 1.54) is 22.3 Å². The molecule has 1 radical (unpaired) electrons. The average molecular weight is 223 g/mol. The number of aryl methyl sites for hydroxylation is 1. The Morgan fingerprint density at radius 1 is 1.18 bits per heavy atom. The summed E-state index contributed by atoms with van der Waals surface area (Å²) in [7, 11) is 0. The summed E-state index contributed by atoms with van der Waals surface area (Å²) in [6, 6.07) is 8.70. The Morgan fingerprint density at radius 2 is 1.88 bits per heavy atom. The second kappa shape index (κ2) is 5.18. The lowest BCUT2D eigenvalue weighted by Crippen LogP contribution is -2.05. The van der Waals surface area contributed by atoms with Gasteiger partial charge in [-0.2, -0.15) is 0 Å². The molecule has 0 spiro atoms. The lowest BCUT2D eigenvalue weighted by molar-refractivity contribution is 0.859. The monoisotopic (exact) mass is 223 g/mol. The van der Waals surface area contributed by atoms with E-state index >= 15 is 0 Å². The van der Waals surface area contributed by atoms with Crippen LogP contribution in [-0.2, 0) is 6.42 Å². The summed E-state index contributed by atoms with van der Waals surface area (Å²) < 4.78 is 0. The van der Waals surface area contributed by atoms with Gasteiger partial charge in [0.2, 0.25) is 0 Å². The molecule has 0 fully saturated rings. The Balaban J connectivity index is 1.98. The largest absolute Gasteiger partial charge is 0.0989 e. The molecule has 0 nitrogen and oxygen atoms in total. The molecule has 87 valence electrons. The summed E-state index contributed by atoms with van der Waals surface area (Å²) in [5.41, 5.74) is 5.22. The van der Waals surface area contributed by atoms with Gasteiger partial charge in [0, 0.05) is 5.92 Å². The molecule has 0 heterocycles. The van der Waals surface area contributed by atoms with Crippen LogP contribution in [0.5, 0.6) is 0 Å². The van der Waals surface area contributed by atoms with Gasteiger partial charge in [-0.25, -0.2) is 0 Å². The maximum atomic E-state index is 4.21. The van der Waals surface area contributed by atoms with E-state index in [0.717, 1.165) is 6.42 Å². The van der Waals surface area contributed by atoms with Crippen molar-refractivity contribution in [1.82, 2.24) is 0 Å². The molecule has 1 unspecified atom stereocenters. The van der Waals surface area contributed by atoms with E-state index in [1.54, 1.807) is 0 Å². The van der Waals surface area contributed by atoms with Gasteiger partial charge in [-0.1, -0.05) is 65.8 Å². The Labute approximate surface area is 104 Å². The predicted molar refractivity (Wildman–Crippen MR) is 74.7 cm³/mol. The van der Waals surface area contributed by atoms with Crippen LogP contribution in [0.3, 0.4) is 0 Å². The third-order valence-electron chi connectivity index (χ3n) is 3.16. The zero-order chi connectivity index (χ0) is 12.3. The van der Waals surface area contributed by atoms with Gasteiger partial charge in [-0.15, -0.1) is 0 Å². The van der Waals surface area contributed by atoms with Gasteiger partial charge in [0.1, 0.15) is 0 Å². The van der Waals surface area contributed by atoms with Gasteiger partial charge in [0.15, 0.2) is 0 Å². The van der Waals surface area contributed by atoms with Gasteiger partial charge in [0.05, 0.1) is 0 Å². The molecule has 17 heavy (non-hydrogen) atoms. The fourth-order valence-corrected chi connectivity index (χ4v) is 1.99. The molecule has 0 heteroatoms. The first-order valence-corrected chi connectivity index (χ1v) is 6.08. The molecule has 1 aliphatic carbocycles. The molecule has 0 aliphatic heterocycles. The molecule has 0 saturated heterocycles. The van der Waals surface area contributed by atoms with Crippen molar-refractivity contribution in [2.75, 3.05) is 0 Å². The van der Waals surface area contributed by atoms with Crippen LogP contribution in [-0.4, -0.2) is 0 Å². The maximum absolute atomic E-state index is 4.21. The van der Waals surface area contributed by atoms with Crippen LogP contribution in [0.25, 0.3) is 0 Å². The number of rotatable bonds is 3. The van der Waals surface area contributed by atoms with Crippen LogP contribution < -0.4 is 0 Å². The van der Waals surface area contributed by atoms with Crippen molar-refractivity contribution in [3.63, 3.8) is 0 Å². The molecule has 1 aromatic carbocycles. The molecule has 0 aromatic heterocycles. The Kier molecular flexibility index (Phi) is 3.63. The first-order valence-electron chi connectivity index (χ1n) is 6.08.